The van der Waals surface area contributed by atoms with Crippen LogP contribution >= 0.6 is 0 Å². The smallest absolute Gasteiger partial charge is 0.239 e. The molecule has 112 valence electrons. The van der Waals surface area contributed by atoms with Crippen LogP contribution in [0.4, 0.5) is 0 Å². The lowest BCUT2D eigenvalue weighted by Crippen LogP contribution is -2.49. The van der Waals surface area contributed by atoms with E-state index in [4.69, 9.17) is 4.74 Å². The van der Waals surface area contributed by atoms with E-state index in [1.165, 1.54) is 0 Å². The molecule has 1 aliphatic heterocycles. The largest absolute Gasteiger partial charge is 0.378 e. The number of imidazole rings is 1. The molecule has 2 rings (SSSR count). The van der Waals surface area contributed by atoms with Crippen LogP contribution in [-0.4, -0.2) is 59.2 Å². The first-order valence-electron chi connectivity index (χ1n) is 7.33. The Morgan fingerprint density at radius 3 is 2.90 bits per heavy atom. The molecule has 20 heavy (non-hydrogen) atoms. The summed E-state index contributed by atoms with van der Waals surface area (Å²) in [4.78, 5) is 18.0. The number of carbonyl (C=O) groups excluding carboxylic acids is 1. The zero-order chi connectivity index (χ0) is 14.2. The van der Waals surface area contributed by atoms with E-state index in [1.54, 1.807) is 6.20 Å². The number of carbonyl (C=O) groups is 1. The van der Waals surface area contributed by atoms with Gasteiger partial charge in [-0.2, -0.15) is 0 Å². The van der Waals surface area contributed by atoms with Crippen LogP contribution in [0.3, 0.4) is 0 Å². The molecule has 1 N–H and O–H groups in total. The Kier molecular flexibility index (Phi) is 6.01. The Bertz CT molecular complexity index is 388. The van der Waals surface area contributed by atoms with E-state index in [2.05, 4.69) is 14.9 Å². The fourth-order valence-electron chi connectivity index (χ4n) is 2.30. The summed E-state index contributed by atoms with van der Waals surface area (Å²) >= 11 is 0. The summed E-state index contributed by atoms with van der Waals surface area (Å²) in [5, 5.41) is 3.30. The lowest BCUT2D eigenvalue weighted by Gasteiger charge is -2.29. The summed E-state index contributed by atoms with van der Waals surface area (Å²) in [5.74, 6) is 0.183. The number of unbranched alkanes of at least 4 members (excludes halogenated alkanes) is 1. The van der Waals surface area contributed by atoms with Crippen LogP contribution in [-0.2, 0) is 16.1 Å². The van der Waals surface area contributed by atoms with Crippen molar-refractivity contribution in [2.75, 3.05) is 32.8 Å². The fourth-order valence-corrected chi connectivity index (χ4v) is 2.30. The van der Waals surface area contributed by atoms with Crippen LogP contribution in [0.1, 0.15) is 19.8 Å². The average Bonchev–Trinajstić information content (AvgIpc) is 3.00. The number of hydrogen-bond acceptors (Lipinski definition) is 4. The van der Waals surface area contributed by atoms with Gasteiger partial charge in [-0.05, 0) is 26.3 Å². The summed E-state index contributed by atoms with van der Waals surface area (Å²) in [6.45, 7) is 6.52. The minimum atomic E-state index is -0.110. The number of aryl methyl sites for hydroxylation is 1. The zero-order valence-electron chi connectivity index (χ0n) is 12.1. The molecule has 1 unspecified atom stereocenters. The molecule has 1 aromatic heterocycles. The SMILES string of the molecule is CC(NCCCCn1ccnc1)C(=O)N1CCOCC1. The van der Waals surface area contributed by atoms with Gasteiger partial charge < -0.3 is 19.5 Å². The van der Waals surface area contributed by atoms with E-state index in [0.29, 0.717) is 26.3 Å². The summed E-state index contributed by atoms with van der Waals surface area (Å²) in [5.41, 5.74) is 0. The van der Waals surface area contributed by atoms with Crippen molar-refractivity contribution >= 4 is 5.91 Å². The summed E-state index contributed by atoms with van der Waals surface area (Å²) in [7, 11) is 0. The standard InChI is InChI=1S/C14H24N4O2/c1-13(14(19)18-8-10-20-11-9-18)16-4-2-3-6-17-7-5-15-12-17/h5,7,12-13,16H,2-4,6,8-11H2,1H3. The number of morpholine rings is 1. The highest BCUT2D eigenvalue weighted by atomic mass is 16.5. The molecule has 6 nitrogen and oxygen atoms in total. The van der Waals surface area contributed by atoms with Gasteiger partial charge in [0.1, 0.15) is 0 Å². The van der Waals surface area contributed by atoms with Crippen LogP contribution in [0.2, 0.25) is 0 Å². The maximum absolute atomic E-state index is 12.1. The van der Waals surface area contributed by atoms with Crippen LogP contribution < -0.4 is 5.32 Å². The van der Waals surface area contributed by atoms with Crippen molar-refractivity contribution in [2.45, 2.75) is 32.4 Å². The second kappa shape index (κ2) is 8.01. The van der Waals surface area contributed by atoms with Crippen LogP contribution in [0.25, 0.3) is 0 Å². The monoisotopic (exact) mass is 280 g/mol. The number of aromatic nitrogens is 2. The van der Waals surface area contributed by atoms with Gasteiger partial charge in [0.05, 0.1) is 25.6 Å². The van der Waals surface area contributed by atoms with Gasteiger partial charge >= 0.3 is 0 Å². The van der Waals surface area contributed by atoms with Gasteiger partial charge in [-0.15, -0.1) is 0 Å². The molecule has 2 heterocycles. The fraction of sp³-hybridized carbons (Fsp3) is 0.714. The van der Waals surface area contributed by atoms with E-state index < -0.39 is 0 Å². The third-order valence-electron chi connectivity index (χ3n) is 3.55. The predicted octanol–water partition coefficient (Wildman–Crippen LogP) is 0.500. The number of amides is 1. The quantitative estimate of drug-likeness (QED) is 0.739. The molecule has 1 aliphatic rings. The highest BCUT2D eigenvalue weighted by molar-refractivity contribution is 5.81. The molecule has 1 aromatic rings. The Morgan fingerprint density at radius 1 is 1.40 bits per heavy atom. The Hall–Kier alpha value is -1.40. The van der Waals surface area contributed by atoms with Gasteiger partial charge in [0.15, 0.2) is 0 Å². The molecule has 0 aromatic carbocycles. The number of nitrogens with zero attached hydrogens (tertiary/aromatic N) is 3. The van der Waals surface area contributed by atoms with Gasteiger partial charge in [-0.1, -0.05) is 0 Å². The molecule has 0 radical (unpaired) electrons. The summed E-state index contributed by atoms with van der Waals surface area (Å²) < 4.78 is 7.33. The molecule has 0 bridgehead atoms. The molecule has 6 heteroatoms. The minimum Gasteiger partial charge on any atom is -0.378 e. The van der Waals surface area contributed by atoms with Crippen molar-refractivity contribution in [1.29, 1.82) is 0 Å². The normalized spacial score (nSPS) is 17.1. The molecule has 0 saturated carbocycles. The number of hydrogen-bond donors (Lipinski definition) is 1. The van der Waals surface area contributed by atoms with Crippen molar-refractivity contribution in [1.82, 2.24) is 19.8 Å². The van der Waals surface area contributed by atoms with Crippen LogP contribution in [0, 0.1) is 0 Å². The van der Waals surface area contributed by atoms with E-state index in [1.807, 2.05) is 24.3 Å². The van der Waals surface area contributed by atoms with Gasteiger partial charge in [0.25, 0.3) is 0 Å². The molecule has 1 fully saturated rings. The number of rotatable bonds is 7. The van der Waals surface area contributed by atoms with Crippen LogP contribution in [0.5, 0.6) is 0 Å². The molecular formula is C14H24N4O2. The van der Waals surface area contributed by atoms with Crippen molar-refractivity contribution < 1.29 is 9.53 Å². The predicted molar refractivity (Wildman–Crippen MR) is 76.3 cm³/mol. The lowest BCUT2D eigenvalue weighted by atomic mass is 10.2. The Morgan fingerprint density at radius 2 is 2.20 bits per heavy atom. The van der Waals surface area contributed by atoms with Crippen molar-refractivity contribution in [3.8, 4) is 0 Å². The zero-order valence-corrected chi connectivity index (χ0v) is 12.1. The first-order valence-corrected chi connectivity index (χ1v) is 7.33. The second-order valence-electron chi connectivity index (χ2n) is 5.12. The summed E-state index contributed by atoms with van der Waals surface area (Å²) in [6, 6.07) is -0.110. The topological polar surface area (TPSA) is 59.4 Å². The molecule has 1 amide bonds. The maximum Gasteiger partial charge on any atom is 0.239 e. The average molecular weight is 280 g/mol. The lowest BCUT2D eigenvalue weighted by molar-refractivity contribution is -0.137. The highest BCUT2D eigenvalue weighted by Gasteiger charge is 2.21. The Balaban J connectivity index is 1.57. The van der Waals surface area contributed by atoms with Crippen molar-refractivity contribution in [3.05, 3.63) is 18.7 Å². The number of ether oxygens (including phenoxy) is 1. The Labute approximate surface area is 120 Å². The molecule has 0 spiro atoms. The van der Waals surface area contributed by atoms with E-state index in [9.17, 15) is 4.79 Å². The highest BCUT2D eigenvalue weighted by Crippen LogP contribution is 2.01. The number of nitrogens with one attached hydrogen (secondary N) is 1. The third kappa shape index (κ3) is 4.61. The van der Waals surface area contributed by atoms with E-state index in [-0.39, 0.29) is 11.9 Å². The maximum atomic E-state index is 12.1. The third-order valence-corrected chi connectivity index (χ3v) is 3.55. The van der Waals surface area contributed by atoms with Gasteiger partial charge in [-0.3, -0.25) is 4.79 Å². The minimum absolute atomic E-state index is 0.110. The van der Waals surface area contributed by atoms with E-state index >= 15 is 0 Å². The van der Waals surface area contributed by atoms with Crippen molar-refractivity contribution in [2.24, 2.45) is 0 Å². The molecular weight excluding hydrogens is 256 g/mol. The first-order chi connectivity index (χ1) is 9.77. The van der Waals surface area contributed by atoms with Gasteiger partial charge in [0.2, 0.25) is 5.91 Å². The second-order valence-corrected chi connectivity index (χ2v) is 5.12. The molecule has 1 atom stereocenters. The van der Waals surface area contributed by atoms with Crippen molar-refractivity contribution in [3.63, 3.8) is 0 Å². The molecule has 0 aliphatic carbocycles. The first kappa shape index (κ1) is 15.0. The van der Waals surface area contributed by atoms with E-state index in [0.717, 1.165) is 25.9 Å². The van der Waals surface area contributed by atoms with Gasteiger partial charge in [0, 0.05) is 32.0 Å². The van der Waals surface area contributed by atoms with Gasteiger partial charge in [-0.25, -0.2) is 4.98 Å². The molecule has 1 saturated heterocycles. The summed E-state index contributed by atoms with van der Waals surface area (Å²) in [6.07, 6.45) is 7.73. The van der Waals surface area contributed by atoms with Crippen LogP contribution in [0.15, 0.2) is 18.7 Å².